The quantitative estimate of drug-likeness (QED) is 0.887. The van der Waals surface area contributed by atoms with E-state index in [0.717, 1.165) is 0 Å². The van der Waals surface area contributed by atoms with Crippen LogP contribution in [0.4, 0.5) is 0 Å². The average Bonchev–Trinajstić information content (AvgIpc) is 2.47. The fourth-order valence-corrected chi connectivity index (χ4v) is 2.68. The lowest BCUT2D eigenvalue weighted by atomic mass is 9.76. The van der Waals surface area contributed by atoms with Crippen LogP contribution in [0.2, 0.25) is 0 Å². The molecular weight excluding hydrogens is 258 g/mol. The largest absolute Gasteiger partial charge is 0.507 e. The Bertz CT molecular complexity index is 518. The second-order valence-electron chi connectivity index (χ2n) is 5.25. The highest BCUT2D eigenvalue weighted by Gasteiger charge is 2.41. The number of amides is 1. The molecule has 0 atom stereocenters. The minimum atomic E-state index is -0.783. The summed E-state index contributed by atoms with van der Waals surface area (Å²) in [6, 6.07) is 6.42. The number of para-hydroxylation sites is 1. The number of hydrogen-bond donors (Lipinski definition) is 2. The molecule has 1 saturated heterocycles. The van der Waals surface area contributed by atoms with E-state index in [4.69, 9.17) is 0 Å². The molecule has 5 nitrogen and oxygen atoms in total. The zero-order chi connectivity index (χ0) is 14.8. The molecule has 108 valence electrons. The Balaban J connectivity index is 2.10. The van der Waals surface area contributed by atoms with Gasteiger partial charge in [0.1, 0.15) is 5.75 Å². The molecule has 2 rings (SSSR count). The molecule has 20 heavy (non-hydrogen) atoms. The number of benzene rings is 1. The van der Waals surface area contributed by atoms with Crippen LogP contribution in [0.25, 0.3) is 0 Å². The fraction of sp³-hybridized carbons (Fsp3) is 0.467. The molecule has 1 fully saturated rings. The van der Waals surface area contributed by atoms with E-state index in [2.05, 4.69) is 0 Å². The third-order valence-corrected chi connectivity index (χ3v) is 4.27. The van der Waals surface area contributed by atoms with E-state index in [1.165, 1.54) is 6.07 Å². The molecule has 5 heteroatoms. The van der Waals surface area contributed by atoms with Crippen LogP contribution in [0.5, 0.6) is 5.75 Å². The van der Waals surface area contributed by atoms with Gasteiger partial charge in [-0.3, -0.25) is 9.59 Å². The van der Waals surface area contributed by atoms with Crippen molar-refractivity contribution in [2.75, 3.05) is 13.1 Å². The lowest BCUT2D eigenvalue weighted by molar-refractivity contribution is -0.152. The van der Waals surface area contributed by atoms with Crippen LogP contribution in [0.15, 0.2) is 24.3 Å². The Hall–Kier alpha value is -2.04. The number of carbonyl (C=O) groups is 2. The maximum Gasteiger partial charge on any atom is 0.309 e. The molecule has 2 N–H and O–H groups in total. The van der Waals surface area contributed by atoms with E-state index in [9.17, 15) is 19.8 Å². The van der Waals surface area contributed by atoms with Crippen molar-refractivity contribution in [3.63, 3.8) is 0 Å². The van der Waals surface area contributed by atoms with E-state index in [1.807, 2.05) is 6.92 Å². The zero-order valence-corrected chi connectivity index (χ0v) is 11.5. The number of phenolic OH excluding ortho intramolecular Hbond substituents is 1. The number of hydrogen-bond acceptors (Lipinski definition) is 3. The molecule has 0 radical (unpaired) electrons. The summed E-state index contributed by atoms with van der Waals surface area (Å²) in [5, 5.41) is 19.0. The Labute approximate surface area is 117 Å². The number of carbonyl (C=O) groups excluding carboxylic acids is 1. The first-order valence-corrected chi connectivity index (χ1v) is 6.81. The van der Waals surface area contributed by atoms with Crippen molar-refractivity contribution in [1.29, 1.82) is 0 Å². The van der Waals surface area contributed by atoms with Crippen LogP contribution in [-0.2, 0) is 4.79 Å². The highest BCUT2D eigenvalue weighted by atomic mass is 16.4. The predicted molar refractivity (Wildman–Crippen MR) is 73.6 cm³/mol. The van der Waals surface area contributed by atoms with E-state index in [1.54, 1.807) is 23.1 Å². The molecule has 0 spiro atoms. The third kappa shape index (κ3) is 2.48. The van der Waals surface area contributed by atoms with Crippen molar-refractivity contribution in [3.8, 4) is 5.75 Å². The molecule has 1 aliphatic heterocycles. The van der Waals surface area contributed by atoms with Gasteiger partial charge in [-0.1, -0.05) is 19.1 Å². The van der Waals surface area contributed by atoms with Gasteiger partial charge in [0.05, 0.1) is 11.0 Å². The van der Waals surface area contributed by atoms with Gasteiger partial charge in [-0.25, -0.2) is 0 Å². The number of phenols is 1. The average molecular weight is 277 g/mol. The number of piperidine rings is 1. The maximum atomic E-state index is 12.3. The fourth-order valence-electron chi connectivity index (χ4n) is 2.68. The SMILES string of the molecule is CCC1(C(=O)O)CCN(C(=O)c2ccccc2O)CC1. The van der Waals surface area contributed by atoms with Gasteiger partial charge in [-0.15, -0.1) is 0 Å². The molecule has 0 aliphatic carbocycles. The smallest absolute Gasteiger partial charge is 0.309 e. The lowest BCUT2D eigenvalue weighted by Gasteiger charge is -2.38. The molecule has 1 heterocycles. The number of likely N-dealkylation sites (tertiary alicyclic amines) is 1. The van der Waals surface area contributed by atoms with Crippen LogP contribution in [0.1, 0.15) is 36.5 Å². The molecule has 1 aliphatic rings. The van der Waals surface area contributed by atoms with Crippen LogP contribution < -0.4 is 0 Å². The molecule has 1 amide bonds. The van der Waals surface area contributed by atoms with Crippen molar-refractivity contribution in [3.05, 3.63) is 29.8 Å². The first kappa shape index (κ1) is 14.4. The van der Waals surface area contributed by atoms with E-state index >= 15 is 0 Å². The molecule has 0 aromatic heterocycles. The lowest BCUT2D eigenvalue weighted by Crippen LogP contribution is -2.46. The van der Waals surface area contributed by atoms with Crippen molar-refractivity contribution in [1.82, 2.24) is 4.90 Å². The van der Waals surface area contributed by atoms with Crippen molar-refractivity contribution >= 4 is 11.9 Å². The van der Waals surface area contributed by atoms with Crippen molar-refractivity contribution < 1.29 is 19.8 Å². The molecule has 0 bridgehead atoms. The molecule has 1 aromatic carbocycles. The predicted octanol–water partition coefficient (Wildman–Crippen LogP) is 2.11. The summed E-state index contributed by atoms with van der Waals surface area (Å²) < 4.78 is 0. The van der Waals surface area contributed by atoms with Gasteiger partial charge in [0.25, 0.3) is 5.91 Å². The van der Waals surface area contributed by atoms with Gasteiger partial charge in [-0.05, 0) is 31.4 Å². The summed E-state index contributed by atoms with van der Waals surface area (Å²) >= 11 is 0. The molecule has 0 saturated carbocycles. The monoisotopic (exact) mass is 277 g/mol. The minimum Gasteiger partial charge on any atom is -0.507 e. The topological polar surface area (TPSA) is 77.8 Å². The van der Waals surface area contributed by atoms with Crippen LogP contribution in [0.3, 0.4) is 0 Å². The number of aromatic hydroxyl groups is 1. The van der Waals surface area contributed by atoms with Gasteiger partial charge in [-0.2, -0.15) is 0 Å². The first-order chi connectivity index (χ1) is 9.50. The van der Waals surface area contributed by atoms with Gasteiger partial charge in [0, 0.05) is 13.1 Å². The Morgan fingerprint density at radius 1 is 1.25 bits per heavy atom. The second-order valence-corrected chi connectivity index (χ2v) is 5.25. The molecular formula is C15H19NO4. The summed E-state index contributed by atoms with van der Waals surface area (Å²) in [6.07, 6.45) is 1.48. The highest BCUT2D eigenvalue weighted by Crippen LogP contribution is 2.35. The van der Waals surface area contributed by atoms with E-state index in [-0.39, 0.29) is 17.2 Å². The third-order valence-electron chi connectivity index (χ3n) is 4.27. The minimum absolute atomic E-state index is 0.0388. The number of aliphatic carboxylic acids is 1. The number of rotatable bonds is 3. The van der Waals surface area contributed by atoms with Gasteiger partial charge >= 0.3 is 5.97 Å². The summed E-state index contributed by atoms with van der Waals surface area (Å²) in [5.74, 6) is -1.06. The van der Waals surface area contributed by atoms with Crippen LogP contribution in [-0.4, -0.2) is 40.1 Å². The van der Waals surface area contributed by atoms with Crippen LogP contribution in [0, 0.1) is 5.41 Å². The first-order valence-electron chi connectivity index (χ1n) is 6.81. The van der Waals surface area contributed by atoms with E-state index in [0.29, 0.717) is 32.4 Å². The Morgan fingerprint density at radius 2 is 1.85 bits per heavy atom. The van der Waals surface area contributed by atoms with Gasteiger partial charge in [0.15, 0.2) is 0 Å². The van der Waals surface area contributed by atoms with Gasteiger partial charge < -0.3 is 15.1 Å². The second kappa shape index (κ2) is 5.53. The molecule has 0 unspecified atom stereocenters. The van der Waals surface area contributed by atoms with Crippen molar-refractivity contribution in [2.24, 2.45) is 5.41 Å². The molecule has 1 aromatic rings. The Morgan fingerprint density at radius 3 is 2.35 bits per heavy atom. The van der Waals surface area contributed by atoms with Crippen molar-refractivity contribution in [2.45, 2.75) is 26.2 Å². The highest BCUT2D eigenvalue weighted by molar-refractivity contribution is 5.97. The summed E-state index contributed by atoms with van der Waals surface area (Å²) in [5.41, 5.74) is -0.443. The zero-order valence-electron chi connectivity index (χ0n) is 11.5. The summed E-state index contributed by atoms with van der Waals surface area (Å²) in [7, 11) is 0. The summed E-state index contributed by atoms with van der Waals surface area (Å²) in [6.45, 7) is 2.69. The summed E-state index contributed by atoms with van der Waals surface area (Å²) in [4.78, 5) is 25.3. The maximum absolute atomic E-state index is 12.3. The standard InChI is InChI=1S/C15H19NO4/c1-2-15(14(19)20)7-9-16(10-8-15)13(18)11-5-3-4-6-12(11)17/h3-6,17H,2,7-10H2,1H3,(H,19,20). The van der Waals surface area contributed by atoms with E-state index < -0.39 is 11.4 Å². The number of carboxylic acid groups (broad SMARTS) is 1. The van der Waals surface area contributed by atoms with Gasteiger partial charge in [0.2, 0.25) is 0 Å². The number of carboxylic acids is 1. The Kier molecular flexibility index (Phi) is 3.97. The van der Waals surface area contributed by atoms with Crippen LogP contribution >= 0.6 is 0 Å². The number of nitrogens with zero attached hydrogens (tertiary/aromatic N) is 1. The normalized spacial score (nSPS) is 17.8.